The zero-order chi connectivity index (χ0) is 19.9. The number of guanidine groups is 1. The summed E-state index contributed by atoms with van der Waals surface area (Å²) in [6, 6.07) is 3.87. The maximum absolute atomic E-state index is 5.80. The summed E-state index contributed by atoms with van der Waals surface area (Å²) in [5.41, 5.74) is 0.945. The molecular formula is C20H37IN4O3. The lowest BCUT2D eigenvalue weighted by atomic mass is 10.0. The van der Waals surface area contributed by atoms with Crippen molar-refractivity contribution in [3.8, 4) is 5.88 Å². The minimum absolute atomic E-state index is 0. The van der Waals surface area contributed by atoms with E-state index in [9.17, 15) is 0 Å². The molecule has 1 heterocycles. The Morgan fingerprint density at radius 3 is 2.64 bits per heavy atom. The molecule has 1 aromatic heterocycles. The molecule has 2 N–H and O–H groups in total. The van der Waals surface area contributed by atoms with E-state index >= 15 is 0 Å². The van der Waals surface area contributed by atoms with Gasteiger partial charge in [0.1, 0.15) is 6.61 Å². The van der Waals surface area contributed by atoms with E-state index in [0.29, 0.717) is 31.6 Å². The molecule has 1 atom stereocenters. The first-order valence-corrected chi connectivity index (χ1v) is 9.81. The number of nitrogens with one attached hydrogen (secondary N) is 2. The third-order valence-corrected chi connectivity index (χ3v) is 3.97. The molecule has 0 aliphatic carbocycles. The van der Waals surface area contributed by atoms with Gasteiger partial charge in [0, 0.05) is 38.6 Å². The summed E-state index contributed by atoms with van der Waals surface area (Å²) in [4.78, 5) is 8.96. The van der Waals surface area contributed by atoms with Gasteiger partial charge in [0.15, 0.2) is 5.96 Å². The number of aliphatic imine (C=N–C) groups is 1. The van der Waals surface area contributed by atoms with Gasteiger partial charge in [-0.25, -0.2) is 9.98 Å². The number of aromatic nitrogens is 1. The van der Waals surface area contributed by atoms with Gasteiger partial charge in [0.2, 0.25) is 5.88 Å². The second kappa shape index (κ2) is 16.8. The number of ether oxygens (including phenoxy) is 3. The van der Waals surface area contributed by atoms with E-state index in [1.165, 1.54) is 0 Å². The van der Waals surface area contributed by atoms with Crippen molar-refractivity contribution in [3.05, 3.63) is 23.9 Å². The second-order valence-electron chi connectivity index (χ2n) is 6.46. The van der Waals surface area contributed by atoms with Crippen molar-refractivity contribution < 1.29 is 14.2 Å². The number of hydrogen-bond acceptors (Lipinski definition) is 5. The highest BCUT2D eigenvalue weighted by atomic mass is 127. The molecular weight excluding hydrogens is 471 g/mol. The minimum Gasteiger partial charge on any atom is -0.475 e. The van der Waals surface area contributed by atoms with Crippen molar-refractivity contribution in [3.63, 3.8) is 0 Å². The Kier molecular flexibility index (Phi) is 16.1. The van der Waals surface area contributed by atoms with Gasteiger partial charge in [-0.05, 0) is 32.3 Å². The van der Waals surface area contributed by atoms with Gasteiger partial charge in [0.05, 0.1) is 19.3 Å². The van der Waals surface area contributed by atoms with Crippen LogP contribution in [0.3, 0.4) is 0 Å². The van der Waals surface area contributed by atoms with Crippen molar-refractivity contribution in [2.45, 2.75) is 46.8 Å². The molecule has 0 aromatic carbocycles. The van der Waals surface area contributed by atoms with Crippen LogP contribution in [0.5, 0.6) is 5.88 Å². The molecule has 0 aliphatic rings. The molecule has 8 heteroatoms. The number of halogens is 1. The largest absolute Gasteiger partial charge is 0.475 e. The van der Waals surface area contributed by atoms with Crippen molar-refractivity contribution in [2.24, 2.45) is 10.9 Å². The molecule has 0 bridgehead atoms. The highest BCUT2D eigenvalue weighted by Gasteiger charge is 2.13. The highest BCUT2D eigenvalue weighted by molar-refractivity contribution is 14.0. The first-order chi connectivity index (χ1) is 13.1. The summed E-state index contributed by atoms with van der Waals surface area (Å²) in [5.74, 6) is 1.88. The van der Waals surface area contributed by atoms with E-state index in [0.717, 1.165) is 37.6 Å². The molecule has 162 valence electrons. The SMILES string of the molecule is CCNC(=NCc1cccnc1OCCOC)NCCC(OCC)C(C)C.I. The van der Waals surface area contributed by atoms with Crippen LogP contribution in [-0.2, 0) is 16.0 Å². The summed E-state index contributed by atoms with van der Waals surface area (Å²) in [5, 5.41) is 6.66. The Morgan fingerprint density at radius 2 is 2.00 bits per heavy atom. The molecule has 0 aliphatic heterocycles. The predicted octanol–water partition coefficient (Wildman–Crippen LogP) is 3.23. The van der Waals surface area contributed by atoms with Gasteiger partial charge < -0.3 is 24.8 Å². The lowest BCUT2D eigenvalue weighted by Gasteiger charge is -2.21. The van der Waals surface area contributed by atoms with Crippen LogP contribution in [0, 0.1) is 5.92 Å². The average Bonchev–Trinajstić information content (AvgIpc) is 2.66. The van der Waals surface area contributed by atoms with E-state index in [4.69, 9.17) is 14.2 Å². The van der Waals surface area contributed by atoms with Gasteiger partial charge in [-0.2, -0.15) is 0 Å². The number of pyridine rings is 1. The molecule has 28 heavy (non-hydrogen) atoms. The van der Waals surface area contributed by atoms with Crippen molar-refractivity contribution in [1.29, 1.82) is 0 Å². The molecule has 1 rings (SSSR count). The van der Waals surface area contributed by atoms with Crippen LogP contribution in [0.15, 0.2) is 23.3 Å². The maximum Gasteiger partial charge on any atom is 0.218 e. The van der Waals surface area contributed by atoms with Crippen LogP contribution in [0.4, 0.5) is 0 Å². The number of methoxy groups -OCH3 is 1. The van der Waals surface area contributed by atoms with E-state index in [-0.39, 0.29) is 30.1 Å². The molecule has 1 aromatic rings. The monoisotopic (exact) mass is 508 g/mol. The van der Waals surface area contributed by atoms with E-state index in [1.807, 2.05) is 19.1 Å². The molecule has 0 saturated heterocycles. The van der Waals surface area contributed by atoms with Crippen LogP contribution in [0.2, 0.25) is 0 Å². The Morgan fingerprint density at radius 1 is 1.21 bits per heavy atom. The van der Waals surface area contributed by atoms with Crippen LogP contribution < -0.4 is 15.4 Å². The van der Waals surface area contributed by atoms with Gasteiger partial charge in [0.25, 0.3) is 0 Å². The smallest absolute Gasteiger partial charge is 0.218 e. The van der Waals surface area contributed by atoms with Crippen LogP contribution in [0.1, 0.15) is 39.7 Å². The highest BCUT2D eigenvalue weighted by Crippen LogP contribution is 2.15. The summed E-state index contributed by atoms with van der Waals surface area (Å²) >= 11 is 0. The minimum atomic E-state index is 0. The zero-order valence-corrected chi connectivity index (χ0v) is 20.2. The number of rotatable bonds is 13. The standard InChI is InChI=1S/C20H36N4O3.HI/c1-6-21-20(23-12-10-18(16(3)4)26-7-2)24-15-17-9-8-11-22-19(17)27-14-13-25-5;/h8-9,11,16,18H,6-7,10,12-15H2,1-5H3,(H2,21,23,24);1H. The van der Waals surface area contributed by atoms with Gasteiger partial charge in [-0.3, -0.25) is 0 Å². The molecule has 0 radical (unpaired) electrons. The Labute approximate surface area is 187 Å². The fourth-order valence-corrected chi connectivity index (χ4v) is 2.56. The van der Waals surface area contributed by atoms with E-state index in [1.54, 1.807) is 13.3 Å². The molecule has 0 fully saturated rings. The quantitative estimate of drug-likeness (QED) is 0.185. The number of nitrogens with zero attached hydrogens (tertiary/aromatic N) is 2. The van der Waals surface area contributed by atoms with Crippen LogP contribution in [-0.4, -0.2) is 57.1 Å². The predicted molar refractivity (Wildman–Crippen MR) is 125 cm³/mol. The average molecular weight is 508 g/mol. The summed E-state index contributed by atoms with van der Waals surface area (Å²) in [6.45, 7) is 12.3. The van der Waals surface area contributed by atoms with Crippen LogP contribution >= 0.6 is 24.0 Å². The Bertz CT molecular complexity index is 544. The molecule has 0 spiro atoms. The fraction of sp³-hybridized carbons (Fsp3) is 0.700. The van der Waals surface area contributed by atoms with Gasteiger partial charge in [-0.15, -0.1) is 24.0 Å². The van der Waals surface area contributed by atoms with Crippen molar-refractivity contribution >= 4 is 29.9 Å². The molecule has 0 amide bonds. The Hall–Kier alpha value is -1.13. The maximum atomic E-state index is 5.80. The lowest BCUT2D eigenvalue weighted by molar-refractivity contribution is 0.0258. The molecule has 1 unspecified atom stereocenters. The lowest BCUT2D eigenvalue weighted by Crippen LogP contribution is -2.39. The number of hydrogen-bond donors (Lipinski definition) is 2. The molecule has 7 nitrogen and oxygen atoms in total. The van der Waals surface area contributed by atoms with Crippen molar-refractivity contribution in [2.75, 3.05) is 40.0 Å². The first kappa shape index (κ1) is 26.9. The first-order valence-electron chi connectivity index (χ1n) is 9.81. The summed E-state index contributed by atoms with van der Waals surface area (Å²) < 4.78 is 16.5. The van der Waals surface area contributed by atoms with Crippen molar-refractivity contribution in [1.82, 2.24) is 15.6 Å². The molecule has 0 saturated carbocycles. The normalized spacial score (nSPS) is 12.4. The third kappa shape index (κ3) is 11.0. The second-order valence-corrected chi connectivity index (χ2v) is 6.46. The van der Waals surface area contributed by atoms with Gasteiger partial charge in [-0.1, -0.05) is 19.9 Å². The van der Waals surface area contributed by atoms with Gasteiger partial charge >= 0.3 is 0 Å². The van der Waals surface area contributed by atoms with E-state index in [2.05, 4.69) is 41.4 Å². The zero-order valence-electron chi connectivity index (χ0n) is 17.9. The summed E-state index contributed by atoms with van der Waals surface area (Å²) in [6.07, 6.45) is 2.91. The Balaban J connectivity index is 0.00000729. The fourth-order valence-electron chi connectivity index (χ4n) is 2.56. The van der Waals surface area contributed by atoms with E-state index < -0.39 is 0 Å². The topological polar surface area (TPSA) is 77.0 Å². The summed E-state index contributed by atoms with van der Waals surface area (Å²) in [7, 11) is 1.65. The third-order valence-electron chi connectivity index (χ3n) is 3.97. The van der Waals surface area contributed by atoms with Crippen LogP contribution in [0.25, 0.3) is 0 Å².